The third-order valence-electron chi connectivity index (χ3n) is 4.46. The first kappa shape index (κ1) is 16.8. The number of hydrogen-bond acceptors (Lipinski definition) is 4. The molecule has 0 radical (unpaired) electrons. The van der Waals surface area contributed by atoms with E-state index < -0.39 is 0 Å². The SMILES string of the molecule is CCCc1nnc(-c2ccc(C3=CCN(C(C)C)CC3)c(F)c2)o1. The summed E-state index contributed by atoms with van der Waals surface area (Å²) in [6.45, 7) is 8.26. The van der Waals surface area contributed by atoms with Crippen LogP contribution in [0.25, 0.3) is 17.0 Å². The van der Waals surface area contributed by atoms with Crippen LogP contribution in [0.4, 0.5) is 4.39 Å². The van der Waals surface area contributed by atoms with E-state index in [9.17, 15) is 4.39 Å². The molecule has 3 rings (SSSR count). The van der Waals surface area contributed by atoms with Gasteiger partial charge in [-0.2, -0.15) is 0 Å². The molecule has 0 amide bonds. The molecule has 128 valence electrons. The first-order valence-electron chi connectivity index (χ1n) is 8.64. The van der Waals surface area contributed by atoms with E-state index in [-0.39, 0.29) is 5.82 Å². The quantitative estimate of drug-likeness (QED) is 0.819. The maximum atomic E-state index is 14.6. The van der Waals surface area contributed by atoms with Gasteiger partial charge in [-0.1, -0.05) is 19.1 Å². The predicted octanol–water partition coefficient (Wildman–Crippen LogP) is 4.33. The Bertz CT molecular complexity index is 736. The number of benzene rings is 1. The topological polar surface area (TPSA) is 42.2 Å². The van der Waals surface area contributed by atoms with Gasteiger partial charge in [0.05, 0.1) is 0 Å². The molecule has 2 aromatic rings. The zero-order valence-electron chi connectivity index (χ0n) is 14.6. The smallest absolute Gasteiger partial charge is 0.247 e. The summed E-state index contributed by atoms with van der Waals surface area (Å²) < 4.78 is 20.2. The summed E-state index contributed by atoms with van der Waals surface area (Å²) in [6, 6.07) is 5.70. The molecule has 1 aliphatic heterocycles. The van der Waals surface area contributed by atoms with Crippen LogP contribution in [0, 0.1) is 5.82 Å². The molecule has 0 saturated carbocycles. The summed E-state index contributed by atoms with van der Waals surface area (Å²) >= 11 is 0. The van der Waals surface area contributed by atoms with E-state index in [0.717, 1.165) is 37.9 Å². The van der Waals surface area contributed by atoms with E-state index in [4.69, 9.17) is 4.42 Å². The largest absolute Gasteiger partial charge is 0.421 e. The summed E-state index contributed by atoms with van der Waals surface area (Å²) in [4.78, 5) is 2.38. The molecule has 0 fully saturated rings. The van der Waals surface area contributed by atoms with Gasteiger partial charge >= 0.3 is 0 Å². The van der Waals surface area contributed by atoms with Gasteiger partial charge in [0.1, 0.15) is 5.82 Å². The maximum Gasteiger partial charge on any atom is 0.247 e. The van der Waals surface area contributed by atoms with E-state index in [1.807, 2.05) is 12.1 Å². The molecule has 1 aromatic heterocycles. The third kappa shape index (κ3) is 3.56. The lowest BCUT2D eigenvalue weighted by atomic mass is 9.97. The van der Waals surface area contributed by atoms with E-state index >= 15 is 0 Å². The van der Waals surface area contributed by atoms with Crippen molar-refractivity contribution in [3.05, 3.63) is 41.5 Å². The molecule has 1 aromatic carbocycles. The molecule has 24 heavy (non-hydrogen) atoms. The van der Waals surface area contributed by atoms with Crippen LogP contribution in [0.1, 0.15) is 45.1 Å². The second kappa shape index (κ2) is 7.26. The zero-order valence-corrected chi connectivity index (χ0v) is 14.6. The van der Waals surface area contributed by atoms with Gasteiger partial charge in [0.25, 0.3) is 0 Å². The highest BCUT2D eigenvalue weighted by atomic mass is 19.1. The molecule has 0 bridgehead atoms. The highest BCUT2D eigenvalue weighted by Gasteiger charge is 2.18. The highest BCUT2D eigenvalue weighted by molar-refractivity contribution is 5.69. The van der Waals surface area contributed by atoms with Gasteiger partial charge in [0, 0.05) is 36.7 Å². The summed E-state index contributed by atoms with van der Waals surface area (Å²) in [7, 11) is 0. The van der Waals surface area contributed by atoms with E-state index in [1.165, 1.54) is 6.07 Å². The van der Waals surface area contributed by atoms with Crippen LogP contribution in [-0.4, -0.2) is 34.2 Å². The summed E-state index contributed by atoms with van der Waals surface area (Å²) in [5.74, 6) is 0.750. The van der Waals surface area contributed by atoms with Gasteiger partial charge in [0.15, 0.2) is 0 Å². The monoisotopic (exact) mass is 329 g/mol. The lowest BCUT2D eigenvalue weighted by molar-refractivity contribution is 0.245. The fourth-order valence-corrected chi connectivity index (χ4v) is 2.99. The Balaban J connectivity index is 1.80. The molecule has 0 N–H and O–H groups in total. The van der Waals surface area contributed by atoms with Crippen molar-refractivity contribution in [2.45, 2.75) is 46.1 Å². The van der Waals surface area contributed by atoms with E-state index in [1.54, 1.807) is 0 Å². The molecule has 1 aliphatic rings. The first-order valence-corrected chi connectivity index (χ1v) is 8.64. The van der Waals surface area contributed by atoms with E-state index in [0.29, 0.717) is 29.0 Å². The normalized spacial score (nSPS) is 15.8. The molecular weight excluding hydrogens is 305 g/mol. The van der Waals surface area contributed by atoms with Crippen LogP contribution in [0.15, 0.2) is 28.7 Å². The Labute approximate surface area is 142 Å². The number of halogens is 1. The van der Waals surface area contributed by atoms with Crippen LogP contribution in [0.5, 0.6) is 0 Å². The van der Waals surface area contributed by atoms with Gasteiger partial charge in [-0.05, 0) is 44.4 Å². The summed E-state index contributed by atoms with van der Waals surface area (Å²) in [6.07, 6.45) is 4.69. The molecule has 0 aliphatic carbocycles. The van der Waals surface area contributed by atoms with Crippen LogP contribution in [0.2, 0.25) is 0 Å². The molecule has 4 nitrogen and oxygen atoms in total. The molecule has 2 heterocycles. The van der Waals surface area contributed by atoms with Gasteiger partial charge in [-0.3, -0.25) is 4.90 Å². The zero-order chi connectivity index (χ0) is 17.1. The minimum Gasteiger partial charge on any atom is -0.421 e. The lowest BCUT2D eigenvalue weighted by Crippen LogP contribution is -2.34. The van der Waals surface area contributed by atoms with Crippen LogP contribution in [-0.2, 0) is 6.42 Å². The van der Waals surface area contributed by atoms with Crippen LogP contribution >= 0.6 is 0 Å². The molecular formula is C19H24FN3O. The minimum atomic E-state index is -0.230. The van der Waals surface area contributed by atoms with Crippen molar-refractivity contribution in [1.82, 2.24) is 15.1 Å². The van der Waals surface area contributed by atoms with Gasteiger partial charge in [-0.25, -0.2) is 4.39 Å². The number of rotatable bonds is 5. The second-order valence-corrected chi connectivity index (χ2v) is 6.51. The van der Waals surface area contributed by atoms with Crippen molar-refractivity contribution >= 4 is 5.57 Å². The second-order valence-electron chi connectivity index (χ2n) is 6.51. The summed E-state index contributed by atoms with van der Waals surface area (Å²) in [5.41, 5.74) is 2.38. The lowest BCUT2D eigenvalue weighted by Gasteiger charge is -2.29. The number of nitrogens with zero attached hydrogens (tertiary/aromatic N) is 3. The van der Waals surface area contributed by atoms with Crippen molar-refractivity contribution < 1.29 is 8.81 Å². The third-order valence-corrected chi connectivity index (χ3v) is 4.46. The van der Waals surface area contributed by atoms with Gasteiger partial charge in [0.2, 0.25) is 11.8 Å². The fraction of sp³-hybridized carbons (Fsp3) is 0.474. The van der Waals surface area contributed by atoms with Crippen molar-refractivity contribution in [1.29, 1.82) is 0 Å². The number of aryl methyl sites for hydroxylation is 1. The average molecular weight is 329 g/mol. The highest BCUT2D eigenvalue weighted by Crippen LogP contribution is 2.28. The minimum absolute atomic E-state index is 0.230. The Morgan fingerprint density at radius 1 is 1.29 bits per heavy atom. The van der Waals surface area contributed by atoms with Crippen LogP contribution < -0.4 is 0 Å². The molecule has 0 saturated heterocycles. The molecule has 5 heteroatoms. The Morgan fingerprint density at radius 3 is 2.75 bits per heavy atom. The fourth-order valence-electron chi connectivity index (χ4n) is 2.99. The van der Waals surface area contributed by atoms with Crippen molar-refractivity contribution in [2.24, 2.45) is 0 Å². The van der Waals surface area contributed by atoms with Crippen molar-refractivity contribution in [3.63, 3.8) is 0 Å². The van der Waals surface area contributed by atoms with E-state index in [2.05, 4.69) is 41.9 Å². The van der Waals surface area contributed by atoms with Crippen molar-refractivity contribution in [2.75, 3.05) is 13.1 Å². The van der Waals surface area contributed by atoms with Crippen molar-refractivity contribution in [3.8, 4) is 11.5 Å². The average Bonchev–Trinajstić information content (AvgIpc) is 3.04. The van der Waals surface area contributed by atoms with Gasteiger partial charge in [-0.15, -0.1) is 10.2 Å². The predicted molar refractivity (Wildman–Crippen MR) is 93.0 cm³/mol. The Morgan fingerprint density at radius 2 is 2.12 bits per heavy atom. The molecule has 0 atom stereocenters. The molecule has 0 spiro atoms. The number of hydrogen-bond donors (Lipinski definition) is 0. The van der Waals surface area contributed by atoms with Crippen LogP contribution in [0.3, 0.4) is 0 Å². The number of aromatic nitrogens is 2. The summed E-state index contributed by atoms with van der Waals surface area (Å²) in [5, 5.41) is 8.01. The standard InChI is InChI=1S/C19H24FN3O/c1-4-5-18-21-22-19(24-18)15-6-7-16(17(20)12-15)14-8-10-23(11-9-14)13(2)3/h6-8,12-13H,4-5,9-11H2,1-3H3. The molecule has 0 unspecified atom stereocenters. The van der Waals surface area contributed by atoms with Gasteiger partial charge < -0.3 is 4.42 Å². The first-order chi connectivity index (χ1) is 11.6. The Kier molecular flexibility index (Phi) is 5.09. The maximum absolute atomic E-state index is 14.6. The Hall–Kier alpha value is -2.01.